The lowest BCUT2D eigenvalue weighted by molar-refractivity contribution is 0.0696. The van der Waals surface area contributed by atoms with Crippen LogP contribution in [0.3, 0.4) is 0 Å². The molecule has 0 amide bonds. The van der Waals surface area contributed by atoms with Gasteiger partial charge in [-0.3, -0.25) is 0 Å². The maximum absolute atomic E-state index is 11.0. The maximum Gasteiger partial charge on any atom is 0.335 e. The molecule has 1 aromatic carbocycles. The average Bonchev–Trinajstić information content (AvgIpc) is 2.40. The van der Waals surface area contributed by atoms with Crippen LogP contribution in [-0.2, 0) is 0 Å². The van der Waals surface area contributed by atoms with Gasteiger partial charge in [0.2, 0.25) is 5.88 Å². The Bertz CT molecular complexity index is 652. The molecule has 1 N–H and O–H groups in total. The molecule has 5 nitrogen and oxygen atoms in total. The van der Waals surface area contributed by atoms with E-state index in [0.717, 1.165) is 5.56 Å². The van der Waals surface area contributed by atoms with E-state index >= 15 is 0 Å². The van der Waals surface area contributed by atoms with Crippen molar-refractivity contribution in [3.05, 3.63) is 47.2 Å². The summed E-state index contributed by atoms with van der Waals surface area (Å²) in [5.74, 6) is 0.276. The SMILES string of the molecule is COc1cc(C)ccc1Oc1cc(C(=O)O)cc(C)n1. The van der Waals surface area contributed by atoms with Crippen molar-refractivity contribution in [3.63, 3.8) is 0 Å². The highest BCUT2D eigenvalue weighted by atomic mass is 16.5. The monoisotopic (exact) mass is 273 g/mol. The van der Waals surface area contributed by atoms with E-state index in [1.807, 2.05) is 19.1 Å². The predicted octanol–water partition coefficient (Wildman–Crippen LogP) is 3.20. The Labute approximate surface area is 116 Å². The lowest BCUT2D eigenvalue weighted by Gasteiger charge is -2.11. The summed E-state index contributed by atoms with van der Waals surface area (Å²) in [5, 5.41) is 9.03. The van der Waals surface area contributed by atoms with Crippen LogP contribution in [-0.4, -0.2) is 23.2 Å². The smallest absolute Gasteiger partial charge is 0.335 e. The fourth-order valence-electron chi connectivity index (χ4n) is 1.79. The number of carboxylic acids is 1. The van der Waals surface area contributed by atoms with Crippen LogP contribution < -0.4 is 9.47 Å². The molecule has 0 radical (unpaired) electrons. The summed E-state index contributed by atoms with van der Waals surface area (Å²) in [6.07, 6.45) is 0. The first-order valence-electron chi connectivity index (χ1n) is 6.04. The van der Waals surface area contributed by atoms with Crippen LogP contribution in [0.4, 0.5) is 0 Å². The summed E-state index contributed by atoms with van der Waals surface area (Å²) in [6.45, 7) is 3.66. The van der Waals surface area contributed by atoms with E-state index in [0.29, 0.717) is 17.2 Å². The van der Waals surface area contributed by atoms with Crippen molar-refractivity contribution in [2.24, 2.45) is 0 Å². The Morgan fingerprint density at radius 1 is 1.15 bits per heavy atom. The minimum absolute atomic E-state index is 0.138. The zero-order valence-electron chi connectivity index (χ0n) is 11.5. The Kier molecular flexibility index (Phi) is 3.89. The number of pyridine rings is 1. The van der Waals surface area contributed by atoms with Crippen molar-refractivity contribution in [2.45, 2.75) is 13.8 Å². The molecule has 5 heteroatoms. The second kappa shape index (κ2) is 5.61. The summed E-state index contributed by atoms with van der Waals surface area (Å²) in [7, 11) is 1.55. The minimum atomic E-state index is -1.02. The van der Waals surface area contributed by atoms with Gasteiger partial charge in [0.1, 0.15) is 0 Å². The van der Waals surface area contributed by atoms with Crippen LogP contribution in [0.15, 0.2) is 30.3 Å². The average molecular weight is 273 g/mol. The normalized spacial score (nSPS) is 10.2. The van der Waals surface area contributed by atoms with Crippen molar-refractivity contribution in [2.75, 3.05) is 7.11 Å². The molecular formula is C15H15NO4. The molecule has 0 fully saturated rings. The number of carboxylic acid groups (broad SMARTS) is 1. The highest BCUT2D eigenvalue weighted by Crippen LogP contribution is 2.31. The van der Waals surface area contributed by atoms with Gasteiger partial charge < -0.3 is 14.6 Å². The van der Waals surface area contributed by atoms with Crippen LogP contribution in [0.25, 0.3) is 0 Å². The van der Waals surface area contributed by atoms with Gasteiger partial charge in [-0.05, 0) is 37.6 Å². The second-order valence-electron chi connectivity index (χ2n) is 4.40. The Morgan fingerprint density at radius 3 is 2.55 bits per heavy atom. The van der Waals surface area contributed by atoms with Crippen molar-refractivity contribution in [1.82, 2.24) is 4.98 Å². The topological polar surface area (TPSA) is 68.7 Å². The number of benzene rings is 1. The van der Waals surface area contributed by atoms with Crippen molar-refractivity contribution < 1.29 is 19.4 Å². The highest BCUT2D eigenvalue weighted by Gasteiger charge is 2.11. The summed E-state index contributed by atoms with van der Waals surface area (Å²) >= 11 is 0. The number of nitrogens with zero attached hydrogens (tertiary/aromatic N) is 1. The van der Waals surface area contributed by atoms with E-state index in [2.05, 4.69) is 4.98 Å². The van der Waals surface area contributed by atoms with Gasteiger partial charge in [0.05, 0.1) is 12.7 Å². The van der Waals surface area contributed by atoms with Gasteiger partial charge in [-0.25, -0.2) is 9.78 Å². The van der Waals surface area contributed by atoms with Gasteiger partial charge in [0.25, 0.3) is 0 Å². The number of aromatic nitrogens is 1. The van der Waals surface area contributed by atoms with E-state index in [-0.39, 0.29) is 11.4 Å². The maximum atomic E-state index is 11.0. The molecule has 0 bridgehead atoms. The molecule has 0 aliphatic heterocycles. The molecule has 0 unspecified atom stereocenters. The number of carbonyl (C=O) groups is 1. The van der Waals surface area contributed by atoms with E-state index in [1.165, 1.54) is 12.1 Å². The fraction of sp³-hybridized carbons (Fsp3) is 0.200. The summed E-state index contributed by atoms with van der Waals surface area (Å²) in [6, 6.07) is 8.35. The number of ether oxygens (including phenoxy) is 2. The van der Waals surface area contributed by atoms with Gasteiger partial charge in [-0.15, -0.1) is 0 Å². The molecule has 0 saturated carbocycles. The molecule has 0 aliphatic carbocycles. The van der Waals surface area contributed by atoms with Gasteiger partial charge in [-0.2, -0.15) is 0 Å². The van der Waals surface area contributed by atoms with E-state index in [1.54, 1.807) is 20.1 Å². The Balaban J connectivity index is 2.37. The van der Waals surface area contributed by atoms with Crippen LogP contribution in [0.2, 0.25) is 0 Å². The molecule has 2 aromatic rings. The lowest BCUT2D eigenvalue weighted by Crippen LogP contribution is -2.00. The zero-order chi connectivity index (χ0) is 14.7. The number of aromatic carboxylic acids is 1. The number of aryl methyl sites for hydroxylation is 2. The van der Waals surface area contributed by atoms with E-state index < -0.39 is 5.97 Å². The van der Waals surface area contributed by atoms with Crippen LogP contribution in [0.1, 0.15) is 21.6 Å². The highest BCUT2D eigenvalue weighted by molar-refractivity contribution is 5.88. The van der Waals surface area contributed by atoms with Crippen molar-refractivity contribution >= 4 is 5.97 Å². The van der Waals surface area contributed by atoms with E-state index in [9.17, 15) is 4.79 Å². The summed E-state index contributed by atoms with van der Waals surface area (Å²) in [5.41, 5.74) is 1.75. The zero-order valence-corrected chi connectivity index (χ0v) is 11.5. The number of rotatable bonds is 4. The lowest BCUT2D eigenvalue weighted by atomic mass is 10.2. The molecule has 0 atom stereocenters. The van der Waals surface area contributed by atoms with Gasteiger partial charge >= 0.3 is 5.97 Å². The largest absolute Gasteiger partial charge is 0.493 e. The summed E-state index contributed by atoms with van der Waals surface area (Å²) < 4.78 is 10.9. The molecule has 104 valence electrons. The van der Waals surface area contributed by atoms with Gasteiger partial charge in [0.15, 0.2) is 11.5 Å². The molecule has 0 spiro atoms. The van der Waals surface area contributed by atoms with E-state index in [4.69, 9.17) is 14.6 Å². The third kappa shape index (κ3) is 3.06. The van der Waals surface area contributed by atoms with Crippen molar-refractivity contribution in [3.8, 4) is 17.4 Å². The van der Waals surface area contributed by atoms with Gasteiger partial charge in [-0.1, -0.05) is 6.07 Å². The quantitative estimate of drug-likeness (QED) is 0.926. The first kappa shape index (κ1) is 13.9. The molecule has 0 saturated heterocycles. The Morgan fingerprint density at radius 2 is 1.90 bits per heavy atom. The molecule has 20 heavy (non-hydrogen) atoms. The molecular weight excluding hydrogens is 258 g/mol. The molecule has 1 aromatic heterocycles. The van der Waals surface area contributed by atoms with Crippen LogP contribution in [0.5, 0.6) is 17.4 Å². The second-order valence-corrected chi connectivity index (χ2v) is 4.40. The third-order valence-electron chi connectivity index (χ3n) is 2.71. The van der Waals surface area contributed by atoms with Crippen LogP contribution >= 0.6 is 0 Å². The number of methoxy groups -OCH3 is 1. The first-order chi connectivity index (χ1) is 9.49. The third-order valence-corrected chi connectivity index (χ3v) is 2.71. The fourth-order valence-corrected chi connectivity index (χ4v) is 1.79. The predicted molar refractivity (Wildman–Crippen MR) is 73.7 cm³/mol. The number of hydrogen-bond donors (Lipinski definition) is 1. The van der Waals surface area contributed by atoms with Crippen molar-refractivity contribution in [1.29, 1.82) is 0 Å². The molecule has 0 aliphatic rings. The molecule has 1 heterocycles. The molecule has 2 rings (SSSR count). The number of hydrogen-bond acceptors (Lipinski definition) is 4. The standard InChI is InChI=1S/C15H15NO4/c1-9-4-5-12(13(6-9)19-3)20-14-8-11(15(17)18)7-10(2)16-14/h4-8H,1-3H3,(H,17,18). The first-order valence-corrected chi connectivity index (χ1v) is 6.04. The minimum Gasteiger partial charge on any atom is -0.493 e. The summed E-state index contributed by atoms with van der Waals surface area (Å²) in [4.78, 5) is 15.2. The van der Waals surface area contributed by atoms with Crippen LogP contribution in [0, 0.1) is 13.8 Å². The Hall–Kier alpha value is -2.56. The van der Waals surface area contributed by atoms with Gasteiger partial charge in [0, 0.05) is 11.8 Å².